The van der Waals surface area contributed by atoms with E-state index in [1.165, 1.54) is 14.0 Å². The van der Waals surface area contributed by atoms with Gasteiger partial charge in [0.05, 0.1) is 6.61 Å². The van der Waals surface area contributed by atoms with Crippen LogP contribution in [0.4, 0.5) is 0 Å². The number of hydrogen-bond donors (Lipinski definition) is 2. The zero-order chi connectivity index (χ0) is 13.9. The van der Waals surface area contributed by atoms with Gasteiger partial charge in [-0.1, -0.05) is 25.7 Å². The van der Waals surface area contributed by atoms with Crippen molar-refractivity contribution in [1.29, 1.82) is 0 Å². The summed E-state index contributed by atoms with van der Waals surface area (Å²) < 4.78 is 9.72. The number of carbonyl (C=O) groups excluding carboxylic acids is 1. The monoisotopic (exact) mass is 297 g/mol. The summed E-state index contributed by atoms with van der Waals surface area (Å²) in [5.74, 6) is 0.0324. The fourth-order valence-electron chi connectivity index (χ4n) is 1.43. The Labute approximate surface area is 115 Å². The van der Waals surface area contributed by atoms with Crippen LogP contribution < -0.4 is 5.32 Å². The Kier molecular flexibility index (Phi) is 10.9. The van der Waals surface area contributed by atoms with E-state index in [1.54, 1.807) is 0 Å². The zero-order valence-electron chi connectivity index (χ0n) is 11.2. The van der Waals surface area contributed by atoms with Gasteiger partial charge in [-0.15, -0.1) is 0 Å². The van der Waals surface area contributed by atoms with Crippen LogP contribution in [0.1, 0.15) is 45.4 Å². The number of amides is 1. The SMILES string of the molecule is COP(O)(=S)OCCCCCCCCNC(C)=O. The highest BCUT2D eigenvalue weighted by Gasteiger charge is 2.10. The van der Waals surface area contributed by atoms with Gasteiger partial charge < -0.3 is 19.3 Å². The van der Waals surface area contributed by atoms with Crippen molar-refractivity contribution in [2.75, 3.05) is 20.3 Å². The molecule has 0 aromatic carbocycles. The number of unbranched alkanes of at least 4 members (excludes halogenated alkanes) is 5. The topological polar surface area (TPSA) is 67.8 Å². The molecular weight excluding hydrogens is 273 g/mol. The van der Waals surface area contributed by atoms with Crippen LogP contribution in [-0.4, -0.2) is 31.1 Å². The van der Waals surface area contributed by atoms with E-state index in [-0.39, 0.29) is 5.91 Å². The second-order valence-corrected chi connectivity index (χ2v) is 7.03. The van der Waals surface area contributed by atoms with Crippen LogP contribution >= 0.6 is 6.72 Å². The average Bonchev–Trinajstić information content (AvgIpc) is 2.31. The molecular formula is C11H24NO4PS. The van der Waals surface area contributed by atoms with Gasteiger partial charge in [-0.05, 0) is 24.6 Å². The van der Waals surface area contributed by atoms with Crippen molar-refractivity contribution in [3.63, 3.8) is 0 Å². The standard InChI is InChI=1S/C11H24NO4PS/c1-11(13)12-9-7-5-3-4-6-8-10-16-17(14,18)15-2/h3-10H2,1-2H3,(H,12,13)(H,14,18). The normalized spacial score (nSPS) is 14.2. The van der Waals surface area contributed by atoms with Crippen molar-refractivity contribution in [2.45, 2.75) is 45.4 Å². The third kappa shape index (κ3) is 12.5. The summed E-state index contributed by atoms with van der Waals surface area (Å²) in [6, 6.07) is 0. The van der Waals surface area contributed by atoms with Crippen LogP contribution in [0.3, 0.4) is 0 Å². The van der Waals surface area contributed by atoms with Crippen LogP contribution in [0.15, 0.2) is 0 Å². The van der Waals surface area contributed by atoms with E-state index in [4.69, 9.17) is 16.3 Å². The highest BCUT2D eigenvalue weighted by molar-refractivity contribution is 8.07. The predicted octanol–water partition coefficient (Wildman–Crippen LogP) is 2.34. The Morgan fingerprint density at radius 1 is 1.22 bits per heavy atom. The van der Waals surface area contributed by atoms with Gasteiger partial charge in [-0.2, -0.15) is 0 Å². The minimum atomic E-state index is -2.96. The van der Waals surface area contributed by atoms with E-state index < -0.39 is 6.72 Å². The minimum absolute atomic E-state index is 0.0324. The van der Waals surface area contributed by atoms with E-state index in [2.05, 4.69) is 9.84 Å². The highest BCUT2D eigenvalue weighted by atomic mass is 32.5. The second kappa shape index (κ2) is 10.9. The van der Waals surface area contributed by atoms with Gasteiger partial charge in [-0.25, -0.2) is 0 Å². The summed E-state index contributed by atoms with van der Waals surface area (Å²) in [5, 5.41) is 2.77. The molecule has 0 aromatic heterocycles. The molecule has 0 aromatic rings. The molecule has 0 aliphatic carbocycles. The molecule has 0 rings (SSSR count). The molecule has 0 aliphatic rings. The van der Waals surface area contributed by atoms with E-state index >= 15 is 0 Å². The molecule has 0 fully saturated rings. The molecule has 1 unspecified atom stereocenters. The van der Waals surface area contributed by atoms with Crippen molar-refractivity contribution >= 4 is 24.4 Å². The van der Waals surface area contributed by atoms with Gasteiger partial charge in [0.1, 0.15) is 0 Å². The van der Waals surface area contributed by atoms with E-state index in [0.29, 0.717) is 6.61 Å². The molecule has 18 heavy (non-hydrogen) atoms. The maximum atomic E-state index is 10.6. The Bertz CT molecular complexity index is 276. The molecule has 5 nitrogen and oxygen atoms in total. The lowest BCUT2D eigenvalue weighted by Gasteiger charge is -2.12. The van der Waals surface area contributed by atoms with E-state index in [0.717, 1.165) is 45.1 Å². The molecule has 108 valence electrons. The fraction of sp³-hybridized carbons (Fsp3) is 0.909. The predicted molar refractivity (Wildman–Crippen MR) is 75.9 cm³/mol. The van der Waals surface area contributed by atoms with Crippen LogP contribution in [0.2, 0.25) is 0 Å². The average molecular weight is 297 g/mol. The molecule has 0 radical (unpaired) electrons. The van der Waals surface area contributed by atoms with Crippen molar-refractivity contribution < 1.29 is 18.7 Å². The molecule has 0 saturated heterocycles. The molecule has 1 atom stereocenters. The molecule has 0 bridgehead atoms. The van der Waals surface area contributed by atoms with E-state index in [1.807, 2.05) is 0 Å². The summed E-state index contributed by atoms with van der Waals surface area (Å²) in [6.07, 6.45) is 6.36. The van der Waals surface area contributed by atoms with Crippen LogP contribution in [0.25, 0.3) is 0 Å². The number of nitrogens with one attached hydrogen (secondary N) is 1. The maximum Gasteiger partial charge on any atom is 0.324 e. The lowest BCUT2D eigenvalue weighted by atomic mass is 10.1. The summed E-state index contributed by atoms with van der Waals surface area (Å²) in [4.78, 5) is 19.9. The Balaban J connectivity index is 3.17. The number of carbonyl (C=O) groups is 1. The first-order valence-electron chi connectivity index (χ1n) is 6.25. The van der Waals surface area contributed by atoms with Crippen molar-refractivity contribution in [1.82, 2.24) is 5.32 Å². The van der Waals surface area contributed by atoms with Crippen molar-refractivity contribution in [2.24, 2.45) is 0 Å². The highest BCUT2D eigenvalue weighted by Crippen LogP contribution is 2.42. The molecule has 0 aliphatic heterocycles. The lowest BCUT2D eigenvalue weighted by molar-refractivity contribution is -0.118. The van der Waals surface area contributed by atoms with E-state index in [9.17, 15) is 9.69 Å². The summed E-state index contributed by atoms with van der Waals surface area (Å²) in [7, 11) is 1.36. The second-order valence-electron chi connectivity index (χ2n) is 4.09. The first kappa shape index (κ1) is 18.0. The zero-order valence-corrected chi connectivity index (χ0v) is 12.9. The van der Waals surface area contributed by atoms with Crippen LogP contribution in [0.5, 0.6) is 0 Å². The van der Waals surface area contributed by atoms with Gasteiger partial charge in [0.2, 0.25) is 5.91 Å². The van der Waals surface area contributed by atoms with Gasteiger partial charge in [-0.3, -0.25) is 4.79 Å². The Hall–Kier alpha value is 0. The van der Waals surface area contributed by atoms with Gasteiger partial charge >= 0.3 is 6.72 Å². The van der Waals surface area contributed by atoms with Crippen LogP contribution in [-0.2, 0) is 25.6 Å². The number of hydrogen-bond acceptors (Lipinski definition) is 4. The molecule has 7 heteroatoms. The third-order valence-electron chi connectivity index (χ3n) is 2.43. The summed E-state index contributed by atoms with van der Waals surface area (Å²) in [5.41, 5.74) is 0. The third-order valence-corrected chi connectivity index (χ3v) is 4.16. The minimum Gasteiger partial charge on any atom is -0.356 e. The van der Waals surface area contributed by atoms with Crippen LogP contribution in [0, 0.1) is 0 Å². The van der Waals surface area contributed by atoms with Gasteiger partial charge in [0.25, 0.3) is 0 Å². The number of rotatable bonds is 11. The summed E-state index contributed by atoms with van der Waals surface area (Å²) >= 11 is 4.70. The molecule has 0 heterocycles. The molecule has 0 spiro atoms. The smallest absolute Gasteiger partial charge is 0.324 e. The van der Waals surface area contributed by atoms with Gasteiger partial charge in [0, 0.05) is 20.6 Å². The molecule has 2 N–H and O–H groups in total. The molecule has 1 amide bonds. The Morgan fingerprint density at radius 3 is 2.33 bits per heavy atom. The quantitative estimate of drug-likeness (QED) is 0.452. The fourth-order valence-corrected chi connectivity index (χ4v) is 2.12. The first-order valence-corrected chi connectivity index (χ1v) is 8.84. The molecule has 0 saturated carbocycles. The van der Waals surface area contributed by atoms with Gasteiger partial charge in [0.15, 0.2) is 0 Å². The summed E-state index contributed by atoms with van der Waals surface area (Å²) in [6.45, 7) is -0.214. The van der Waals surface area contributed by atoms with Crippen molar-refractivity contribution in [3.8, 4) is 0 Å². The first-order chi connectivity index (χ1) is 8.48. The van der Waals surface area contributed by atoms with Crippen molar-refractivity contribution in [3.05, 3.63) is 0 Å². The largest absolute Gasteiger partial charge is 0.356 e. The maximum absolute atomic E-state index is 10.6. The lowest BCUT2D eigenvalue weighted by Crippen LogP contribution is -2.20. The Morgan fingerprint density at radius 2 is 1.78 bits per heavy atom.